The number of ketones is 1. The summed E-state index contributed by atoms with van der Waals surface area (Å²) < 4.78 is 16.5. The van der Waals surface area contributed by atoms with Gasteiger partial charge in [-0.2, -0.15) is 10.2 Å². The minimum atomic E-state index is -0.265. The zero-order chi connectivity index (χ0) is 28.6. The van der Waals surface area contributed by atoms with Crippen LogP contribution in [0.2, 0.25) is 0 Å². The van der Waals surface area contributed by atoms with Crippen molar-refractivity contribution >= 4 is 46.2 Å². The highest BCUT2D eigenvalue weighted by Crippen LogP contribution is 2.39. The number of methoxy groups -OCH3 is 2. The van der Waals surface area contributed by atoms with E-state index in [1.165, 1.54) is 21.1 Å². The quantitative estimate of drug-likeness (QED) is 0.228. The normalized spacial score (nSPS) is 13.3. The first-order valence-electron chi connectivity index (χ1n) is 12.3. The van der Waals surface area contributed by atoms with E-state index in [2.05, 4.69) is 26.1 Å². The number of aryl methyl sites for hydroxylation is 1. The Labute approximate surface area is 231 Å². The zero-order valence-corrected chi connectivity index (χ0v) is 22.5. The van der Waals surface area contributed by atoms with Gasteiger partial charge in [-0.3, -0.25) is 15.0 Å². The second-order valence-corrected chi connectivity index (χ2v) is 8.70. The van der Waals surface area contributed by atoms with Crippen LogP contribution in [0.15, 0.2) is 69.9 Å². The maximum absolute atomic E-state index is 13.0. The number of allylic oxidation sites excluding steroid dienone is 1. The van der Waals surface area contributed by atoms with E-state index in [0.717, 1.165) is 5.56 Å². The van der Waals surface area contributed by atoms with E-state index in [9.17, 15) is 9.59 Å². The molecule has 0 saturated carbocycles. The predicted octanol–water partition coefficient (Wildman–Crippen LogP) is 5.43. The molecule has 0 radical (unpaired) electrons. The number of aliphatic hydroxyl groups excluding tert-OH is 1. The molecular weight excluding hydrogens is 514 g/mol. The number of carbonyl (C=O) groups is 2. The van der Waals surface area contributed by atoms with Gasteiger partial charge in [0.25, 0.3) is 0 Å². The Balaban J connectivity index is 1.55. The molecule has 3 N–H and O–H groups in total. The Morgan fingerprint density at radius 2 is 1.73 bits per heavy atom. The molecule has 0 aromatic heterocycles. The number of nitrogens with one attached hydrogen (secondary N) is 2. The topological polar surface area (TPSA) is 143 Å². The van der Waals surface area contributed by atoms with Gasteiger partial charge in [-0.05, 0) is 60.5 Å². The standard InChI is InChI=1S/C29H29N5O6/c1-17-13-21(40-12-11-35)7-10-23(17)31-33-25-15-28(39-4)26(16-27(25)38-3)34-32-24-9-5-19-14-20(30-18(2)36)6-8-22(19)29(24)37/h5-10,13-16,34-35H,11-12H2,1-4H3,(H,30,36)/b32-24-,33-31+. The van der Waals surface area contributed by atoms with Crippen LogP contribution in [0, 0.1) is 6.92 Å². The van der Waals surface area contributed by atoms with Gasteiger partial charge in [0.1, 0.15) is 40.9 Å². The number of anilines is 2. The van der Waals surface area contributed by atoms with Crippen LogP contribution in [0.4, 0.5) is 22.7 Å². The summed E-state index contributed by atoms with van der Waals surface area (Å²) in [6.45, 7) is 3.45. The van der Waals surface area contributed by atoms with Gasteiger partial charge in [0.05, 0.1) is 26.5 Å². The minimum absolute atomic E-state index is 0.0670. The molecule has 0 fully saturated rings. The van der Waals surface area contributed by atoms with Crippen molar-refractivity contribution < 1.29 is 28.9 Å². The van der Waals surface area contributed by atoms with Gasteiger partial charge in [0.15, 0.2) is 0 Å². The van der Waals surface area contributed by atoms with Gasteiger partial charge in [0, 0.05) is 30.3 Å². The fraction of sp³-hybridized carbons (Fsp3) is 0.207. The summed E-state index contributed by atoms with van der Waals surface area (Å²) in [4.78, 5) is 24.3. The molecule has 0 bridgehead atoms. The van der Waals surface area contributed by atoms with E-state index in [4.69, 9.17) is 19.3 Å². The Hall–Kier alpha value is -5.03. The largest absolute Gasteiger partial charge is 0.494 e. The monoisotopic (exact) mass is 543 g/mol. The van der Waals surface area contributed by atoms with Crippen LogP contribution in [-0.2, 0) is 4.79 Å². The highest BCUT2D eigenvalue weighted by molar-refractivity contribution is 6.52. The number of hydrogen-bond acceptors (Lipinski definition) is 10. The van der Waals surface area contributed by atoms with Gasteiger partial charge >= 0.3 is 0 Å². The van der Waals surface area contributed by atoms with Crippen molar-refractivity contribution in [2.75, 3.05) is 38.2 Å². The summed E-state index contributed by atoms with van der Waals surface area (Å²) in [6.07, 6.45) is 3.36. The summed E-state index contributed by atoms with van der Waals surface area (Å²) >= 11 is 0. The molecule has 0 saturated heterocycles. The predicted molar refractivity (Wildman–Crippen MR) is 153 cm³/mol. The number of fused-ring (bicyclic) bond motifs is 1. The summed E-state index contributed by atoms with van der Waals surface area (Å²) in [5, 5.41) is 24.6. The summed E-state index contributed by atoms with van der Waals surface area (Å²) in [5.74, 6) is 0.999. The van der Waals surface area contributed by atoms with Crippen molar-refractivity contribution in [3.63, 3.8) is 0 Å². The fourth-order valence-corrected chi connectivity index (χ4v) is 3.93. The van der Waals surface area contributed by atoms with Crippen LogP contribution < -0.4 is 25.0 Å². The summed E-state index contributed by atoms with van der Waals surface area (Å²) in [7, 11) is 3.01. The Morgan fingerprint density at radius 1 is 0.950 bits per heavy atom. The maximum atomic E-state index is 13.0. The molecule has 0 unspecified atom stereocenters. The van der Waals surface area contributed by atoms with E-state index >= 15 is 0 Å². The highest BCUT2D eigenvalue weighted by atomic mass is 16.5. The molecule has 11 nitrogen and oxygen atoms in total. The third-order valence-corrected chi connectivity index (χ3v) is 5.86. The number of nitrogens with zero attached hydrogens (tertiary/aromatic N) is 3. The van der Waals surface area contributed by atoms with Crippen LogP contribution in [0.5, 0.6) is 17.2 Å². The van der Waals surface area contributed by atoms with Gasteiger partial charge in [-0.15, -0.1) is 5.11 Å². The number of hydrogen-bond donors (Lipinski definition) is 3. The number of amides is 1. The number of Topliss-reactive ketones (excluding diaryl/α,β-unsaturated/α-hetero) is 1. The van der Waals surface area contributed by atoms with Crippen molar-refractivity contribution in [3.8, 4) is 17.2 Å². The summed E-state index contributed by atoms with van der Waals surface area (Å²) in [5.41, 5.74) is 7.22. The Kier molecular flexibility index (Phi) is 8.87. The molecule has 0 spiro atoms. The molecule has 4 rings (SSSR count). The van der Waals surface area contributed by atoms with Crippen molar-refractivity contribution in [1.29, 1.82) is 0 Å². The van der Waals surface area contributed by atoms with E-state index in [1.807, 2.05) is 13.0 Å². The Morgan fingerprint density at radius 3 is 2.42 bits per heavy atom. The number of azo groups is 1. The van der Waals surface area contributed by atoms with E-state index in [0.29, 0.717) is 51.1 Å². The number of aliphatic hydroxyl groups is 1. The maximum Gasteiger partial charge on any atom is 0.221 e. The molecule has 206 valence electrons. The minimum Gasteiger partial charge on any atom is -0.494 e. The first kappa shape index (κ1) is 28.0. The molecule has 40 heavy (non-hydrogen) atoms. The number of carbonyl (C=O) groups excluding carboxylic acids is 2. The van der Waals surface area contributed by atoms with E-state index in [-0.39, 0.29) is 30.6 Å². The van der Waals surface area contributed by atoms with Gasteiger partial charge in [-0.25, -0.2) is 0 Å². The molecule has 3 aromatic rings. The second-order valence-electron chi connectivity index (χ2n) is 8.70. The second kappa shape index (κ2) is 12.7. The van der Waals surface area contributed by atoms with Crippen molar-refractivity contribution in [2.24, 2.45) is 15.3 Å². The molecule has 0 atom stereocenters. The third-order valence-electron chi connectivity index (χ3n) is 5.86. The fourth-order valence-electron chi connectivity index (χ4n) is 3.93. The van der Waals surface area contributed by atoms with Crippen molar-refractivity contribution in [1.82, 2.24) is 0 Å². The molecule has 1 aliphatic rings. The first-order valence-corrected chi connectivity index (χ1v) is 12.3. The molecule has 1 aliphatic carbocycles. The molecular formula is C29H29N5O6. The van der Waals surface area contributed by atoms with Crippen LogP contribution in [-0.4, -0.2) is 49.9 Å². The average Bonchev–Trinajstić information content (AvgIpc) is 2.94. The number of rotatable bonds is 10. The summed E-state index contributed by atoms with van der Waals surface area (Å²) in [6, 6.07) is 13.7. The van der Waals surface area contributed by atoms with E-state index in [1.54, 1.807) is 54.6 Å². The average molecular weight is 544 g/mol. The smallest absolute Gasteiger partial charge is 0.221 e. The molecule has 11 heteroatoms. The van der Waals surface area contributed by atoms with Gasteiger partial charge in [0.2, 0.25) is 11.7 Å². The number of benzene rings is 3. The Bertz CT molecular complexity index is 1530. The first-order chi connectivity index (χ1) is 19.3. The molecule has 0 aliphatic heterocycles. The molecule has 0 heterocycles. The van der Waals surface area contributed by atoms with Crippen LogP contribution in [0.3, 0.4) is 0 Å². The van der Waals surface area contributed by atoms with Gasteiger partial charge in [-0.1, -0.05) is 6.08 Å². The lowest BCUT2D eigenvalue weighted by atomic mass is 9.94. The van der Waals surface area contributed by atoms with Gasteiger partial charge < -0.3 is 24.6 Å². The molecule has 1 amide bonds. The van der Waals surface area contributed by atoms with Crippen molar-refractivity contribution in [2.45, 2.75) is 13.8 Å². The lowest BCUT2D eigenvalue weighted by molar-refractivity contribution is -0.114. The molecule has 3 aromatic carbocycles. The van der Waals surface area contributed by atoms with Crippen LogP contribution in [0.1, 0.15) is 28.4 Å². The highest BCUT2D eigenvalue weighted by Gasteiger charge is 2.20. The van der Waals surface area contributed by atoms with Crippen LogP contribution in [0.25, 0.3) is 6.08 Å². The lowest BCUT2D eigenvalue weighted by Gasteiger charge is -2.15. The number of hydrazone groups is 1. The van der Waals surface area contributed by atoms with Crippen LogP contribution >= 0.6 is 0 Å². The SMILES string of the molecule is COc1cc(N/N=C2/C=Cc3cc(NC(C)=O)ccc3C2=O)c(OC)cc1/N=N/c1ccc(OCCO)cc1C. The van der Waals surface area contributed by atoms with Crippen molar-refractivity contribution in [3.05, 3.63) is 71.3 Å². The zero-order valence-electron chi connectivity index (χ0n) is 22.5. The lowest BCUT2D eigenvalue weighted by Crippen LogP contribution is -2.18. The third kappa shape index (κ3) is 6.51. The number of ether oxygens (including phenoxy) is 3. The van der Waals surface area contributed by atoms with E-state index < -0.39 is 0 Å².